The number of benzene rings is 1. The molecule has 0 radical (unpaired) electrons. The largest absolute Gasteiger partial charge is 0.492 e. The summed E-state index contributed by atoms with van der Waals surface area (Å²) in [6.45, 7) is 6.85. The van der Waals surface area contributed by atoms with E-state index >= 15 is 0 Å². The Bertz CT molecular complexity index is 978. The Balaban J connectivity index is 1.44. The summed E-state index contributed by atoms with van der Waals surface area (Å²) in [7, 11) is 0. The van der Waals surface area contributed by atoms with Crippen LogP contribution in [0.25, 0.3) is 11.2 Å². The molecule has 0 spiro atoms. The predicted molar refractivity (Wildman–Crippen MR) is 115 cm³/mol. The fraction of sp³-hybridized carbons (Fsp3) is 0.478. The van der Waals surface area contributed by atoms with Crippen LogP contribution in [0.15, 0.2) is 42.7 Å². The van der Waals surface area contributed by atoms with Gasteiger partial charge in [-0.2, -0.15) is 5.10 Å². The van der Waals surface area contributed by atoms with Crippen molar-refractivity contribution in [3.63, 3.8) is 0 Å². The Kier molecular flexibility index (Phi) is 6.26. The summed E-state index contributed by atoms with van der Waals surface area (Å²) in [5, 5.41) is 4.87. The van der Waals surface area contributed by atoms with E-state index in [2.05, 4.69) is 23.8 Å². The number of hydrogen-bond donors (Lipinski definition) is 0. The first-order chi connectivity index (χ1) is 14.6. The smallest absolute Gasteiger partial charge is 0.222 e. The molecule has 0 N–H and O–H groups in total. The summed E-state index contributed by atoms with van der Waals surface area (Å²) < 4.78 is 7.73. The number of carbonyl (C=O) groups excluding carboxylic acids is 1. The molecule has 4 rings (SSSR count). The van der Waals surface area contributed by atoms with Gasteiger partial charge in [-0.05, 0) is 30.9 Å². The minimum atomic E-state index is 0.261. The van der Waals surface area contributed by atoms with E-state index in [1.807, 2.05) is 39.9 Å². The maximum atomic E-state index is 12.4. The lowest BCUT2D eigenvalue weighted by molar-refractivity contribution is -0.133. The van der Waals surface area contributed by atoms with E-state index in [-0.39, 0.29) is 5.91 Å². The molecule has 2 aromatic heterocycles. The lowest BCUT2D eigenvalue weighted by atomic mass is 9.92. The SMILES string of the molecule is CC(C)CC(=O)N1CCC(c2nn(CCOc3ccccc3)c3nccnc23)CC1. The van der Waals surface area contributed by atoms with Gasteiger partial charge < -0.3 is 9.64 Å². The fourth-order valence-electron chi connectivity index (χ4n) is 4.00. The van der Waals surface area contributed by atoms with E-state index in [1.165, 1.54) is 0 Å². The minimum Gasteiger partial charge on any atom is -0.492 e. The number of para-hydroxylation sites is 1. The molecule has 158 valence electrons. The van der Waals surface area contributed by atoms with Crippen molar-refractivity contribution in [2.45, 2.75) is 45.6 Å². The Morgan fingerprint density at radius 3 is 2.60 bits per heavy atom. The third-order valence-electron chi connectivity index (χ3n) is 5.53. The molecule has 3 heterocycles. The molecule has 1 saturated heterocycles. The zero-order valence-corrected chi connectivity index (χ0v) is 17.7. The van der Waals surface area contributed by atoms with Crippen LogP contribution in [0.3, 0.4) is 0 Å². The van der Waals surface area contributed by atoms with Crippen LogP contribution in [0.1, 0.15) is 44.7 Å². The first-order valence-electron chi connectivity index (χ1n) is 10.7. The third-order valence-corrected chi connectivity index (χ3v) is 5.53. The molecule has 0 bridgehead atoms. The monoisotopic (exact) mass is 407 g/mol. The molecule has 1 aliphatic heterocycles. The number of fused-ring (bicyclic) bond motifs is 1. The topological polar surface area (TPSA) is 73.1 Å². The third kappa shape index (κ3) is 4.61. The highest BCUT2D eigenvalue weighted by atomic mass is 16.5. The average Bonchev–Trinajstić information content (AvgIpc) is 3.13. The predicted octanol–water partition coefficient (Wildman–Crippen LogP) is 3.66. The van der Waals surface area contributed by atoms with Crippen LogP contribution < -0.4 is 4.74 Å². The highest BCUT2D eigenvalue weighted by Crippen LogP contribution is 2.31. The average molecular weight is 408 g/mol. The lowest BCUT2D eigenvalue weighted by Gasteiger charge is -2.31. The van der Waals surface area contributed by atoms with Crippen molar-refractivity contribution in [1.82, 2.24) is 24.6 Å². The van der Waals surface area contributed by atoms with Crippen molar-refractivity contribution in [3.8, 4) is 5.75 Å². The van der Waals surface area contributed by atoms with E-state index in [4.69, 9.17) is 9.84 Å². The van der Waals surface area contributed by atoms with Gasteiger partial charge in [0.1, 0.15) is 17.9 Å². The molecule has 1 fully saturated rings. The van der Waals surface area contributed by atoms with Gasteiger partial charge in [0.25, 0.3) is 0 Å². The van der Waals surface area contributed by atoms with Gasteiger partial charge in [-0.1, -0.05) is 32.0 Å². The van der Waals surface area contributed by atoms with Crippen molar-refractivity contribution >= 4 is 17.1 Å². The summed E-state index contributed by atoms with van der Waals surface area (Å²) in [5.74, 6) is 1.79. The fourth-order valence-corrected chi connectivity index (χ4v) is 4.00. The number of likely N-dealkylation sites (tertiary alicyclic amines) is 1. The molecule has 7 heteroatoms. The number of carbonyl (C=O) groups is 1. The molecule has 7 nitrogen and oxygen atoms in total. The highest BCUT2D eigenvalue weighted by molar-refractivity contribution is 5.77. The van der Waals surface area contributed by atoms with Gasteiger partial charge in [-0.25, -0.2) is 14.6 Å². The molecule has 30 heavy (non-hydrogen) atoms. The maximum absolute atomic E-state index is 12.4. The summed E-state index contributed by atoms with van der Waals surface area (Å²) >= 11 is 0. The van der Waals surface area contributed by atoms with E-state index in [1.54, 1.807) is 12.4 Å². The standard InChI is InChI=1S/C23H29N5O2/c1-17(2)16-20(29)27-12-8-18(9-13-27)21-22-23(25-11-10-24-22)28(26-21)14-15-30-19-6-4-3-5-7-19/h3-7,10-11,17-18H,8-9,12-16H2,1-2H3. The molecule has 1 amide bonds. The molecule has 1 aromatic carbocycles. The van der Waals surface area contributed by atoms with Crippen molar-refractivity contribution < 1.29 is 9.53 Å². The Hall–Kier alpha value is -2.96. The summed E-state index contributed by atoms with van der Waals surface area (Å²) in [5.41, 5.74) is 2.65. The second kappa shape index (κ2) is 9.24. The summed E-state index contributed by atoms with van der Waals surface area (Å²) in [6.07, 6.45) is 5.87. The van der Waals surface area contributed by atoms with Gasteiger partial charge in [0, 0.05) is 37.8 Å². The number of nitrogens with zero attached hydrogens (tertiary/aromatic N) is 5. The summed E-state index contributed by atoms with van der Waals surface area (Å²) in [4.78, 5) is 23.5. The normalized spacial score (nSPS) is 15.1. The minimum absolute atomic E-state index is 0.261. The Morgan fingerprint density at radius 2 is 1.87 bits per heavy atom. The molecular formula is C23H29N5O2. The molecule has 3 aromatic rings. The summed E-state index contributed by atoms with van der Waals surface area (Å²) in [6, 6.07) is 9.78. The molecule has 0 unspecified atom stereocenters. The van der Waals surface area contributed by atoms with Crippen molar-refractivity contribution in [3.05, 3.63) is 48.4 Å². The van der Waals surface area contributed by atoms with Gasteiger partial charge >= 0.3 is 0 Å². The van der Waals surface area contributed by atoms with Crippen LogP contribution in [0.2, 0.25) is 0 Å². The van der Waals surface area contributed by atoms with Gasteiger partial charge in [-0.15, -0.1) is 0 Å². The van der Waals surface area contributed by atoms with E-state index < -0.39 is 0 Å². The highest BCUT2D eigenvalue weighted by Gasteiger charge is 2.28. The van der Waals surface area contributed by atoms with Crippen molar-refractivity contribution in [2.24, 2.45) is 5.92 Å². The van der Waals surface area contributed by atoms with Crippen LogP contribution in [0, 0.1) is 5.92 Å². The first kappa shape index (κ1) is 20.3. The molecule has 0 saturated carbocycles. The second-order valence-corrected chi connectivity index (χ2v) is 8.25. The lowest BCUT2D eigenvalue weighted by Crippen LogP contribution is -2.38. The van der Waals surface area contributed by atoms with Crippen LogP contribution in [0.4, 0.5) is 0 Å². The number of ether oxygens (including phenoxy) is 1. The van der Waals surface area contributed by atoms with Gasteiger partial charge in [0.2, 0.25) is 5.91 Å². The molecular weight excluding hydrogens is 378 g/mol. The molecule has 0 atom stereocenters. The molecule has 0 aliphatic carbocycles. The number of hydrogen-bond acceptors (Lipinski definition) is 5. The second-order valence-electron chi connectivity index (χ2n) is 8.25. The van der Waals surface area contributed by atoms with Gasteiger partial charge in [0.05, 0.1) is 12.2 Å². The van der Waals surface area contributed by atoms with Crippen LogP contribution in [0.5, 0.6) is 5.75 Å². The quantitative estimate of drug-likeness (QED) is 0.598. The zero-order chi connectivity index (χ0) is 20.9. The Morgan fingerprint density at radius 1 is 1.13 bits per heavy atom. The van der Waals surface area contributed by atoms with Crippen molar-refractivity contribution in [2.75, 3.05) is 19.7 Å². The maximum Gasteiger partial charge on any atom is 0.222 e. The number of amides is 1. The molecule has 1 aliphatic rings. The first-order valence-corrected chi connectivity index (χ1v) is 10.7. The zero-order valence-electron chi connectivity index (χ0n) is 17.7. The van der Waals surface area contributed by atoms with Crippen LogP contribution in [-0.2, 0) is 11.3 Å². The van der Waals surface area contributed by atoms with Gasteiger partial charge in [-0.3, -0.25) is 4.79 Å². The van der Waals surface area contributed by atoms with Crippen LogP contribution >= 0.6 is 0 Å². The van der Waals surface area contributed by atoms with Gasteiger partial charge in [0.15, 0.2) is 5.65 Å². The van der Waals surface area contributed by atoms with E-state index in [0.29, 0.717) is 31.4 Å². The van der Waals surface area contributed by atoms with E-state index in [0.717, 1.165) is 48.5 Å². The number of aromatic nitrogens is 4. The van der Waals surface area contributed by atoms with Crippen molar-refractivity contribution in [1.29, 1.82) is 0 Å². The number of piperidine rings is 1. The van der Waals surface area contributed by atoms with E-state index in [9.17, 15) is 4.79 Å². The Labute approximate surface area is 177 Å². The van der Waals surface area contributed by atoms with Crippen LogP contribution in [-0.4, -0.2) is 50.3 Å². The number of rotatable bonds is 7.